The van der Waals surface area contributed by atoms with Crippen LogP contribution >= 0.6 is 0 Å². The third-order valence-corrected chi connectivity index (χ3v) is 4.66. The largest absolute Gasteiger partial charge is 0.490 e. The van der Waals surface area contributed by atoms with E-state index in [1.165, 1.54) is 0 Å². The van der Waals surface area contributed by atoms with Crippen molar-refractivity contribution >= 4 is 5.91 Å². The monoisotopic (exact) mass is 409 g/mol. The average Bonchev–Trinajstić information content (AvgIpc) is 3.08. The molecular weight excluding hydrogens is 382 g/mol. The van der Waals surface area contributed by atoms with Gasteiger partial charge in [0.15, 0.2) is 11.5 Å². The van der Waals surface area contributed by atoms with E-state index in [4.69, 9.17) is 9.47 Å². The molecule has 0 atom stereocenters. The van der Waals surface area contributed by atoms with Crippen molar-refractivity contribution in [2.24, 2.45) is 0 Å². The standard InChI is InChI=1S/C23H27N3O4/c1-4-29-20-11-6-17(14-21(20)30-5-2)12-13-24-22(27)18-7-9-19(10-8-18)26-16(3)15-25-23(26)28/h6-11,14-15H,4-5,12-13H2,1-3H3,(H,24,27)(H,25,28). The highest BCUT2D eigenvalue weighted by atomic mass is 16.5. The predicted octanol–water partition coefficient (Wildman–Crippen LogP) is 3.24. The van der Waals surface area contributed by atoms with Crippen molar-refractivity contribution in [3.05, 3.63) is 76.0 Å². The molecule has 30 heavy (non-hydrogen) atoms. The number of nitrogens with one attached hydrogen (secondary N) is 2. The number of amides is 1. The normalized spacial score (nSPS) is 10.6. The molecule has 0 unspecified atom stereocenters. The molecule has 0 aliphatic heterocycles. The number of ether oxygens (including phenoxy) is 2. The second-order valence-corrected chi connectivity index (χ2v) is 6.77. The Labute approximate surface area is 175 Å². The van der Waals surface area contributed by atoms with Gasteiger partial charge in [-0.25, -0.2) is 4.79 Å². The van der Waals surface area contributed by atoms with Crippen molar-refractivity contribution in [3.63, 3.8) is 0 Å². The molecule has 3 rings (SSSR count). The molecular formula is C23H27N3O4. The van der Waals surface area contributed by atoms with Crippen LogP contribution in [0.5, 0.6) is 11.5 Å². The molecule has 0 fully saturated rings. The van der Waals surface area contributed by atoms with Gasteiger partial charge in [-0.1, -0.05) is 6.07 Å². The number of hydrogen-bond acceptors (Lipinski definition) is 4. The van der Waals surface area contributed by atoms with Crippen LogP contribution in [0.1, 0.15) is 35.5 Å². The minimum atomic E-state index is -0.202. The molecule has 3 aromatic rings. The van der Waals surface area contributed by atoms with Crippen molar-refractivity contribution in [2.75, 3.05) is 19.8 Å². The molecule has 0 bridgehead atoms. The smallest absolute Gasteiger partial charge is 0.330 e. The van der Waals surface area contributed by atoms with Crippen molar-refractivity contribution in [2.45, 2.75) is 27.2 Å². The summed E-state index contributed by atoms with van der Waals surface area (Å²) in [5.74, 6) is 1.29. The molecule has 7 heteroatoms. The Morgan fingerprint density at radius 3 is 2.37 bits per heavy atom. The van der Waals surface area contributed by atoms with Gasteiger partial charge in [0.1, 0.15) is 0 Å². The highest BCUT2D eigenvalue weighted by Gasteiger charge is 2.09. The third kappa shape index (κ3) is 4.92. The number of nitrogens with zero attached hydrogens (tertiary/aromatic N) is 1. The molecule has 0 saturated heterocycles. The van der Waals surface area contributed by atoms with Crippen LogP contribution in [0.3, 0.4) is 0 Å². The van der Waals surface area contributed by atoms with Crippen LogP contribution in [-0.2, 0) is 6.42 Å². The zero-order valence-electron chi connectivity index (χ0n) is 17.5. The van der Waals surface area contributed by atoms with E-state index < -0.39 is 0 Å². The van der Waals surface area contributed by atoms with Crippen molar-refractivity contribution in [3.8, 4) is 17.2 Å². The van der Waals surface area contributed by atoms with Gasteiger partial charge >= 0.3 is 5.69 Å². The van der Waals surface area contributed by atoms with Crippen LogP contribution in [0, 0.1) is 6.92 Å². The topological polar surface area (TPSA) is 85.4 Å². The first-order valence-electron chi connectivity index (χ1n) is 10.1. The summed E-state index contributed by atoms with van der Waals surface area (Å²) in [6.45, 7) is 7.34. The summed E-state index contributed by atoms with van der Waals surface area (Å²) in [6.07, 6.45) is 2.33. The van der Waals surface area contributed by atoms with Gasteiger partial charge in [-0.15, -0.1) is 0 Å². The van der Waals surface area contributed by atoms with E-state index in [9.17, 15) is 9.59 Å². The summed E-state index contributed by atoms with van der Waals surface area (Å²) in [5, 5.41) is 2.93. The van der Waals surface area contributed by atoms with Crippen molar-refractivity contribution < 1.29 is 14.3 Å². The van der Waals surface area contributed by atoms with Gasteiger partial charge in [0.05, 0.1) is 18.9 Å². The van der Waals surface area contributed by atoms with Crippen molar-refractivity contribution in [1.82, 2.24) is 14.9 Å². The van der Waals surface area contributed by atoms with E-state index in [0.717, 1.165) is 17.0 Å². The van der Waals surface area contributed by atoms with Gasteiger partial charge in [0, 0.05) is 24.0 Å². The maximum absolute atomic E-state index is 12.4. The van der Waals surface area contributed by atoms with Crippen LogP contribution in [-0.4, -0.2) is 35.2 Å². The number of benzene rings is 2. The molecule has 0 aliphatic carbocycles. The number of H-pyrrole nitrogens is 1. The zero-order chi connectivity index (χ0) is 21.5. The number of hydrogen-bond donors (Lipinski definition) is 2. The molecule has 1 heterocycles. The highest BCUT2D eigenvalue weighted by Crippen LogP contribution is 2.28. The van der Waals surface area contributed by atoms with Gasteiger partial charge in [0.2, 0.25) is 0 Å². The van der Waals surface area contributed by atoms with Gasteiger partial charge in [-0.3, -0.25) is 9.36 Å². The molecule has 2 N–H and O–H groups in total. The lowest BCUT2D eigenvalue weighted by Crippen LogP contribution is -2.25. The highest BCUT2D eigenvalue weighted by molar-refractivity contribution is 5.94. The van der Waals surface area contributed by atoms with Gasteiger partial charge in [0.25, 0.3) is 5.91 Å². The van der Waals surface area contributed by atoms with Crippen LogP contribution in [0.25, 0.3) is 5.69 Å². The maximum atomic E-state index is 12.4. The Balaban J connectivity index is 1.59. The second kappa shape index (κ2) is 9.82. The summed E-state index contributed by atoms with van der Waals surface area (Å²) in [5.41, 5.74) is 2.92. The Hall–Kier alpha value is -3.48. The molecule has 2 aromatic carbocycles. The quantitative estimate of drug-likeness (QED) is 0.568. The van der Waals surface area contributed by atoms with Gasteiger partial charge < -0.3 is 19.8 Å². The van der Waals surface area contributed by atoms with Crippen LogP contribution in [0.4, 0.5) is 0 Å². The first-order chi connectivity index (χ1) is 14.5. The van der Waals surface area contributed by atoms with Crippen LogP contribution < -0.4 is 20.5 Å². The van der Waals surface area contributed by atoms with E-state index in [-0.39, 0.29) is 11.6 Å². The molecule has 7 nitrogen and oxygen atoms in total. The maximum Gasteiger partial charge on any atom is 0.330 e. The van der Waals surface area contributed by atoms with E-state index in [0.29, 0.717) is 43.2 Å². The van der Waals surface area contributed by atoms with E-state index in [1.807, 2.05) is 39.0 Å². The number of carbonyl (C=O) groups excluding carboxylic acids is 1. The fourth-order valence-electron chi connectivity index (χ4n) is 3.21. The molecule has 0 saturated carbocycles. The van der Waals surface area contributed by atoms with E-state index >= 15 is 0 Å². The molecule has 0 aliphatic rings. The predicted molar refractivity (Wildman–Crippen MR) is 116 cm³/mol. The van der Waals surface area contributed by atoms with Gasteiger partial charge in [-0.05, 0) is 69.2 Å². The first-order valence-corrected chi connectivity index (χ1v) is 10.1. The van der Waals surface area contributed by atoms with E-state index in [1.54, 1.807) is 35.0 Å². The number of imidazole rings is 1. The molecule has 1 amide bonds. The molecule has 1 aromatic heterocycles. The first kappa shape index (κ1) is 21.2. The summed E-state index contributed by atoms with van der Waals surface area (Å²) < 4.78 is 12.8. The van der Waals surface area contributed by atoms with E-state index in [2.05, 4.69) is 10.3 Å². The van der Waals surface area contributed by atoms with Crippen molar-refractivity contribution in [1.29, 1.82) is 0 Å². The van der Waals surface area contributed by atoms with Crippen LogP contribution in [0.15, 0.2) is 53.5 Å². The van der Waals surface area contributed by atoms with Gasteiger partial charge in [-0.2, -0.15) is 0 Å². The number of carbonyl (C=O) groups is 1. The number of rotatable bonds is 9. The Bertz CT molecular complexity index is 1050. The fraction of sp³-hybridized carbons (Fsp3) is 0.304. The molecule has 0 spiro atoms. The number of aromatic nitrogens is 2. The zero-order valence-corrected chi connectivity index (χ0v) is 17.5. The number of aromatic amines is 1. The Kier molecular flexibility index (Phi) is 6.95. The lowest BCUT2D eigenvalue weighted by atomic mass is 10.1. The summed E-state index contributed by atoms with van der Waals surface area (Å²) in [6, 6.07) is 12.8. The summed E-state index contributed by atoms with van der Waals surface area (Å²) in [7, 11) is 0. The SMILES string of the molecule is CCOc1ccc(CCNC(=O)c2ccc(-n3c(C)c[nH]c3=O)cc2)cc1OCC. The average molecular weight is 409 g/mol. The summed E-state index contributed by atoms with van der Waals surface area (Å²) in [4.78, 5) is 27.0. The molecule has 158 valence electrons. The molecule has 0 radical (unpaired) electrons. The minimum absolute atomic E-state index is 0.157. The number of aryl methyl sites for hydroxylation is 1. The third-order valence-electron chi connectivity index (χ3n) is 4.66. The minimum Gasteiger partial charge on any atom is -0.490 e. The summed E-state index contributed by atoms with van der Waals surface area (Å²) >= 11 is 0. The second-order valence-electron chi connectivity index (χ2n) is 6.77. The Morgan fingerprint density at radius 1 is 1.03 bits per heavy atom. The lowest BCUT2D eigenvalue weighted by molar-refractivity contribution is 0.0954. The Morgan fingerprint density at radius 2 is 1.73 bits per heavy atom. The van der Waals surface area contributed by atoms with Crippen LogP contribution in [0.2, 0.25) is 0 Å². The lowest BCUT2D eigenvalue weighted by Gasteiger charge is -2.13. The fourth-order valence-corrected chi connectivity index (χ4v) is 3.21.